The second-order valence-electron chi connectivity index (χ2n) is 3.53. The van der Waals surface area contributed by atoms with Gasteiger partial charge in [0.25, 0.3) is 0 Å². The minimum absolute atomic E-state index is 0.226. The zero-order valence-corrected chi connectivity index (χ0v) is 9.23. The van der Waals surface area contributed by atoms with Crippen molar-refractivity contribution in [2.45, 2.75) is 6.92 Å². The van der Waals surface area contributed by atoms with Gasteiger partial charge in [-0.2, -0.15) is 0 Å². The van der Waals surface area contributed by atoms with E-state index in [1.165, 1.54) is 0 Å². The fourth-order valence-corrected chi connectivity index (χ4v) is 1.30. The van der Waals surface area contributed by atoms with Gasteiger partial charge in [0.05, 0.1) is 0 Å². The van der Waals surface area contributed by atoms with Gasteiger partial charge in [-0.25, -0.2) is 4.79 Å². The first-order valence-corrected chi connectivity index (χ1v) is 5.00. The molecule has 1 aromatic carbocycles. The molecule has 6 heteroatoms. The highest BCUT2D eigenvalue weighted by Crippen LogP contribution is 2.13. The van der Waals surface area contributed by atoms with E-state index in [9.17, 15) is 4.79 Å². The van der Waals surface area contributed by atoms with Crippen LogP contribution in [0.4, 0.5) is 16.2 Å². The molecular weight excluding hydrogens is 220 g/mol. The number of nitrogens with two attached hydrogens (primary N) is 1. The highest BCUT2D eigenvalue weighted by Gasteiger charge is 2.07. The molecule has 0 spiro atoms. The number of carbonyl (C=O) groups excluding carboxylic acids is 1. The van der Waals surface area contributed by atoms with E-state index < -0.39 is 6.09 Å². The van der Waals surface area contributed by atoms with Gasteiger partial charge in [-0.05, 0) is 25.1 Å². The lowest BCUT2D eigenvalue weighted by Crippen LogP contribution is -2.16. The van der Waals surface area contributed by atoms with Gasteiger partial charge in [-0.1, -0.05) is 6.07 Å². The number of rotatable bonds is 2. The van der Waals surface area contributed by atoms with Gasteiger partial charge in [0.1, 0.15) is 0 Å². The van der Waals surface area contributed by atoms with Crippen LogP contribution in [0.1, 0.15) is 5.69 Å². The van der Waals surface area contributed by atoms with Crippen LogP contribution in [-0.2, 0) is 0 Å². The smallest absolute Gasteiger partial charge is 0.399 e. The van der Waals surface area contributed by atoms with E-state index in [0.29, 0.717) is 11.4 Å². The van der Waals surface area contributed by atoms with Gasteiger partial charge in [0.2, 0.25) is 5.88 Å². The summed E-state index contributed by atoms with van der Waals surface area (Å²) in [4.78, 5) is 11.5. The molecule has 0 bridgehead atoms. The summed E-state index contributed by atoms with van der Waals surface area (Å²) in [5.41, 5.74) is 7.54. The Bertz CT molecular complexity index is 536. The maximum atomic E-state index is 11.5. The number of nitrogens with zero attached hydrogens (tertiary/aromatic N) is 1. The lowest BCUT2D eigenvalue weighted by atomic mass is 10.3. The number of aromatic nitrogens is 2. The standard InChI is InChI=1S/C11H12N4O2/c1-7-5-10(15-14-7)17-11(16)13-9-4-2-3-8(12)6-9/h2-6H,12H2,1H3,(H,13,16)(H,14,15). The third kappa shape index (κ3) is 2.97. The van der Waals surface area contributed by atoms with Gasteiger partial charge in [0.15, 0.2) is 0 Å². The topological polar surface area (TPSA) is 93.0 Å². The molecule has 4 N–H and O–H groups in total. The molecule has 2 aromatic rings. The number of aryl methyl sites for hydroxylation is 1. The maximum Gasteiger partial charge on any atom is 0.418 e. The first-order chi connectivity index (χ1) is 8.13. The SMILES string of the molecule is Cc1cc(OC(=O)Nc2cccc(N)c2)n[nH]1. The highest BCUT2D eigenvalue weighted by atomic mass is 16.6. The van der Waals surface area contributed by atoms with Crippen LogP contribution in [0.25, 0.3) is 0 Å². The second kappa shape index (κ2) is 4.56. The molecule has 17 heavy (non-hydrogen) atoms. The minimum Gasteiger partial charge on any atom is -0.399 e. The molecule has 0 aliphatic carbocycles. The Hall–Kier alpha value is -2.50. The van der Waals surface area contributed by atoms with Gasteiger partial charge < -0.3 is 10.5 Å². The number of ether oxygens (including phenoxy) is 1. The van der Waals surface area contributed by atoms with Crippen molar-refractivity contribution < 1.29 is 9.53 Å². The number of benzene rings is 1. The van der Waals surface area contributed by atoms with E-state index in [2.05, 4.69) is 15.5 Å². The Kier molecular flexibility index (Phi) is 2.95. The zero-order chi connectivity index (χ0) is 12.3. The molecule has 1 aromatic heterocycles. The summed E-state index contributed by atoms with van der Waals surface area (Å²) in [6.45, 7) is 1.82. The predicted molar refractivity (Wildman–Crippen MR) is 63.8 cm³/mol. The van der Waals surface area contributed by atoms with E-state index in [1.54, 1.807) is 30.3 Å². The lowest BCUT2D eigenvalue weighted by molar-refractivity contribution is 0.213. The van der Waals surface area contributed by atoms with Crippen molar-refractivity contribution in [3.8, 4) is 5.88 Å². The fraction of sp³-hybridized carbons (Fsp3) is 0.0909. The quantitative estimate of drug-likeness (QED) is 0.689. The van der Waals surface area contributed by atoms with Gasteiger partial charge in [-0.15, -0.1) is 5.10 Å². The predicted octanol–water partition coefficient (Wildman–Crippen LogP) is 1.91. The fourth-order valence-electron chi connectivity index (χ4n) is 1.30. The molecule has 0 fully saturated rings. The van der Waals surface area contributed by atoms with E-state index in [1.807, 2.05) is 6.92 Å². The van der Waals surface area contributed by atoms with Crippen molar-refractivity contribution in [1.29, 1.82) is 0 Å². The lowest BCUT2D eigenvalue weighted by Gasteiger charge is -2.04. The Morgan fingerprint density at radius 3 is 2.94 bits per heavy atom. The van der Waals surface area contributed by atoms with Crippen molar-refractivity contribution in [3.05, 3.63) is 36.0 Å². The van der Waals surface area contributed by atoms with Crippen LogP contribution in [0.3, 0.4) is 0 Å². The molecule has 2 rings (SSSR count). The highest BCUT2D eigenvalue weighted by molar-refractivity contribution is 5.86. The second-order valence-corrected chi connectivity index (χ2v) is 3.53. The van der Waals surface area contributed by atoms with Crippen LogP contribution in [0.2, 0.25) is 0 Å². The third-order valence-electron chi connectivity index (χ3n) is 2.01. The Morgan fingerprint density at radius 1 is 1.47 bits per heavy atom. The van der Waals surface area contributed by atoms with Crippen molar-refractivity contribution in [2.24, 2.45) is 0 Å². The Morgan fingerprint density at radius 2 is 2.29 bits per heavy atom. The first kappa shape index (κ1) is 11.0. The number of hydrogen-bond donors (Lipinski definition) is 3. The van der Waals surface area contributed by atoms with E-state index in [-0.39, 0.29) is 5.88 Å². The maximum absolute atomic E-state index is 11.5. The summed E-state index contributed by atoms with van der Waals surface area (Å²) in [5, 5.41) is 9.00. The number of nitrogen functional groups attached to an aromatic ring is 1. The first-order valence-electron chi connectivity index (χ1n) is 5.00. The van der Waals surface area contributed by atoms with Crippen molar-refractivity contribution >= 4 is 17.5 Å². The van der Waals surface area contributed by atoms with Gasteiger partial charge >= 0.3 is 6.09 Å². The molecule has 0 atom stereocenters. The summed E-state index contributed by atoms with van der Waals surface area (Å²) in [6.07, 6.45) is -0.609. The molecule has 0 saturated heterocycles. The summed E-state index contributed by atoms with van der Waals surface area (Å²) < 4.78 is 4.95. The summed E-state index contributed by atoms with van der Waals surface area (Å²) in [5.74, 6) is 0.226. The van der Waals surface area contributed by atoms with Gasteiger partial charge in [-0.3, -0.25) is 10.4 Å². The molecule has 88 valence electrons. The molecular formula is C11H12N4O2. The monoisotopic (exact) mass is 232 g/mol. The number of carbonyl (C=O) groups is 1. The molecule has 0 radical (unpaired) electrons. The van der Waals surface area contributed by atoms with Crippen molar-refractivity contribution in [2.75, 3.05) is 11.1 Å². The van der Waals surface area contributed by atoms with E-state index in [0.717, 1.165) is 5.69 Å². The number of H-pyrrole nitrogens is 1. The van der Waals surface area contributed by atoms with Crippen LogP contribution in [0.5, 0.6) is 5.88 Å². The van der Waals surface area contributed by atoms with Crippen LogP contribution >= 0.6 is 0 Å². The summed E-state index contributed by atoms with van der Waals surface area (Å²) in [7, 11) is 0. The Balaban J connectivity index is 1.98. The number of amides is 1. The molecule has 0 aliphatic heterocycles. The van der Waals surface area contributed by atoms with Crippen molar-refractivity contribution in [1.82, 2.24) is 10.2 Å². The molecule has 1 heterocycles. The molecule has 1 amide bonds. The number of aromatic amines is 1. The number of hydrogen-bond acceptors (Lipinski definition) is 4. The van der Waals surface area contributed by atoms with Crippen LogP contribution < -0.4 is 15.8 Å². The van der Waals surface area contributed by atoms with Crippen LogP contribution in [0.15, 0.2) is 30.3 Å². The average Bonchev–Trinajstić information content (AvgIpc) is 2.63. The van der Waals surface area contributed by atoms with E-state index >= 15 is 0 Å². The molecule has 0 aliphatic rings. The summed E-state index contributed by atoms with van der Waals surface area (Å²) >= 11 is 0. The van der Waals surface area contributed by atoms with Crippen LogP contribution in [-0.4, -0.2) is 16.3 Å². The van der Waals surface area contributed by atoms with Crippen LogP contribution in [0, 0.1) is 6.92 Å². The number of nitrogens with one attached hydrogen (secondary N) is 2. The Labute approximate surface area is 97.8 Å². The summed E-state index contributed by atoms with van der Waals surface area (Å²) in [6, 6.07) is 8.45. The minimum atomic E-state index is -0.609. The zero-order valence-electron chi connectivity index (χ0n) is 9.23. The van der Waals surface area contributed by atoms with Gasteiger partial charge in [0, 0.05) is 23.1 Å². The number of anilines is 2. The molecule has 0 saturated carbocycles. The largest absolute Gasteiger partial charge is 0.418 e. The third-order valence-corrected chi connectivity index (χ3v) is 2.01. The van der Waals surface area contributed by atoms with E-state index in [4.69, 9.17) is 10.5 Å². The normalized spacial score (nSPS) is 9.94. The van der Waals surface area contributed by atoms with Crippen molar-refractivity contribution in [3.63, 3.8) is 0 Å². The molecule has 6 nitrogen and oxygen atoms in total. The average molecular weight is 232 g/mol. The molecule has 0 unspecified atom stereocenters.